The zero-order chi connectivity index (χ0) is 16.7. The quantitative estimate of drug-likeness (QED) is 0.270. The predicted molar refractivity (Wildman–Crippen MR) is 71.0 cm³/mol. The van der Waals surface area contributed by atoms with E-state index in [0.29, 0.717) is 5.01 Å². The molecule has 2 heterocycles. The highest BCUT2D eigenvalue weighted by Gasteiger charge is 2.53. The second kappa shape index (κ2) is 5.18. The molecule has 2 aliphatic heterocycles. The molecule has 1 N–H and O–H groups in total. The molecule has 0 aromatic heterocycles. The van der Waals surface area contributed by atoms with Gasteiger partial charge in [-0.1, -0.05) is 18.2 Å². The number of anilines is 1. The van der Waals surface area contributed by atoms with Crippen molar-refractivity contribution in [3.05, 3.63) is 52.1 Å². The first-order valence-corrected chi connectivity index (χ1v) is 6.40. The van der Waals surface area contributed by atoms with Crippen LogP contribution in [-0.2, 0) is 19.1 Å². The minimum Gasteiger partial charge on any atom is -0.391 e. The maximum atomic E-state index is 12.4. The second-order valence-electron chi connectivity index (χ2n) is 4.75. The molecule has 1 aromatic rings. The maximum Gasteiger partial charge on any atom is 0.377 e. The van der Waals surface area contributed by atoms with Crippen LogP contribution < -0.4 is 5.01 Å². The fourth-order valence-corrected chi connectivity index (χ4v) is 2.36. The second-order valence-corrected chi connectivity index (χ2v) is 4.75. The molecular formula is C13H9N3O7. The van der Waals surface area contributed by atoms with Gasteiger partial charge in [-0.05, 0) is 12.1 Å². The van der Waals surface area contributed by atoms with Crippen LogP contribution in [0.1, 0.15) is 0 Å². The lowest BCUT2D eigenvalue weighted by molar-refractivity contribution is -0.550. The Morgan fingerprint density at radius 2 is 1.78 bits per heavy atom. The number of amides is 2. The average Bonchev–Trinajstić information content (AvgIpc) is 2.99. The molecule has 0 saturated carbocycles. The van der Waals surface area contributed by atoms with Gasteiger partial charge in [0.1, 0.15) is 0 Å². The summed E-state index contributed by atoms with van der Waals surface area (Å²) in [6.45, 7) is 0. The molecule has 2 atom stereocenters. The summed E-state index contributed by atoms with van der Waals surface area (Å²) >= 11 is 0. The number of cyclic esters (lactones) is 1. The van der Waals surface area contributed by atoms with E-state index in [1.165, 1.54) is 12.1 Å². The Balaban J connectivity index is 1.97. The van der Waals surface area contributed by atoms with Gasteiger partial charge in [0.2, 0.25) is 0 Å². The number of nitro groups is 1. The van der Waals surface area contributed by atoms with Crippen molar-refractivity contribution in [1.29, 1.82) is 0 Å². The zero-order valence-corrected chi connectivity index (χ0v) is 11.4. The van der Waals surface area contributed by atoms with E-state index in [0.717, 1.165) is 6.08 Å². The van der Waals surface area contributed by atoms with Gasteiger partial charge in [-0.2, -0.15) is 5.01 Å². The number of ether oxygens (including phenoxy) is 1. The third-order valence-electron chi connectivity index (χ3n) is 3.39. The number of carbonyl (C=O) groups is 3. The number of hydrazine groups is 1. The van der Waals surface area contributed by atoms with Gasteiger partial charge in [0, 0.05) is 6.08 Å². The zero-order valence-electron chi connectivity index (χ0n) is 11.4. The molecule has 10 heteroatoms. The van der Waals surface area contributed by atoms with E-state index in [4.69, 9.17) is 0 Å². The summed E-state index contributed by atoms with van der Waals surface area (Å²) in [4.78, 5) is 46.0. The lowest BCUT2D eigenvalue weighted by atomic mass is 9.99. The Kier molecular flexibility index (Phi) is 3.30. The molecule has 0 spiro atoms. The van der Waals surface area contributed by atoms with E-state index in [9.17, 15) is 29.7 Å². The number of hydrogen-bond acceptors (Lipinski definition) is 7. The number of benzene rings is 1. The molecule has 23 heavy (non-hydrogen) atoms. The van der Waals surface area contributed by atoms with Gasteiger partial charge in [-0.25, -0.2) is 4.79 Å². The van der Waals surface area contributed by atoms with Crippen LogP contribution in [0, 0.1) is 16.0 Å². The van der Waals surface area contributed by atoms with Crippen molar-refractivity contribution in [3.63, 3.8) is 0 Å². The summed E-state index contributed by atoms with van der Waals surface area (Å²) in [7, 11) is 0. The molecule has 1 fully saturated rings. The van der Waals surface area contributed by atoms with E-state index in [2.05, 4.69) is 4.74 Å². The first-order valence-electron chi connectivity index (χ1n) is 6.40. The molecular weight excluding hydrogens is 310 g/mol. The van der Waals surface area contributed by atoms with Gasteiger partial charge in [0.25, 0.3) is 11.8 Å². The lowest BCUT2D eigenvalue weighted by Crippen LogP contribution is -2.38. The summed E-state index contributed by atoms with van der Waals surface area (Å²) < 4.78 is 4.47. The van der Waals surface area contributed by atoms with E-state index in [1.54, 1.807) is 18.2 Å². The van der Waals surface area contributed by atoms with Crippen LogP contribution in [-0.4, -0.2) is 39.3 Å². The number of hydrogen-bond donors (Lipinski definition) is 1. The summed E-state index contributed by atoms with van der Waals surface area (Å²) in [6.07, 6.45) is -0.957. The molecule has 0 bridgehead atoms. The normalized spacial score (nSPS) is 24.0. The number of rotatable bonds is 3. The highest BCUT2D eigenvalue weighted by Crippen LogP contribution is 2.32. The van der Waals surface area contributed by atoms with Crippen molar-refractivity contribution in [3.8, 4) is 0 Å². The van der Waals surface area contributed by atoms with Crippen LogP contribution >= 0.6 is 0 Å². The van der Waals surface area contributed by atoms with Crippen molar-refractivity contribution < 1.29 is 29.3 Å². The molecule has 0 radical (unpaired) electrons. The first-order chi connectivity index (χ1) is 10.9. The van der Waals surface area contributed by atoms with Crippen LogP contribution in [0.4, 0.5) is 5.69 Å². The Hall–Kier alpha value is -3.27. The first kappa shape index (κ1) is 14.7. The number of para-hydroxylation sites is 1. The Morgan fingerprint density at radius 1 is 1.13 bits per heavy atom. The SMILES string of the molecule is O=C1OC([N+](=O)[O-])C=C1C1C(=O)N(O)N(c2ccccc2)C1=O. The third-order valence-corrected chi connectivity index (χ3v) is 3.39. The molecule has 3 rings (SSSR count). The summed E-state index contributed by atoms with van der Waals surface area (Å²) in [5.74, 6) is -4.82. The summed E-state index contributed by atoms with van der Waals surface area (Å²) in [6, 6.07) is 7.78. The predicted octanol–water partition coefficient (Wildman–Crippen LogP) is -0.132. The van der Waals surface area contributed by atoms with Crippen molar-refractivity contribution in [1.82, 2.24) is 5.17 Å². The highest BCUT2D eigenvalue weighted by molar-refractivity contribution is 6.20. The minimum atomic E-state index is -1.75. The molecule has 2 aliphatic rings. The fourth-order valence-electron chi connectivity index (χ4n) is 2.36. The van der Waals surface area contributed by atoms with Gasteiger partial charge < -0.3 is 4.74 Å². The molecule has 10 nitrogen and oxygen atoms in total. The smallest absolute Gasteiger partial charge is 0.377 e. The van der Waals surface area contributed by atoms with Crippen LogP contribution in [0.5, 0.6) is 0 Å². The van der Waals surface area contributed by atoms with Crippen molar-refractivity contribution >= 4 is 23.5 Å². The standard InChI is InChI=1S/C13H9N3O7/c17-11-10(8-6-9(16(21)22)23-13(8)19)12(18)15(20)14(11)7-4-2-1-3-5-7/h1-6,9-10,20H. The number of esters is 1. The molecule has 2 unspecified atom stereocenters. The average molecular weight is 319 g/mol. The van der Waals surface area contributed by atoms with Crippen LogP contribution in [0.3, 0.4) is 0 Å². The van der Waals surface area contributed by atoms with E-state index in [-0.39, 0.29) is 10.9 Å². The topological polar surface area (TPSA) is 130 Å². The van der Waals surface area contributed by atoms with Crippen molar-refractivity contribution in [2.75, 3.05) is 5.01 Å². The minimum absolute atomic E-state index is 0.0793. The number of nitrogens with zero attached hydrogens (tertiary/aromatic N) is 3. The highest BCUT2D eigenvalue weighted by atomic mass is 16.7. The molecule has 1 aromatic carbocycles. The Bertz CT molecular complexity index is 745. The van der Waals surface area contributed by atoms with Gasteiger partial charge >= 0.3 is 12.2 Å². The number of hydroxylamine groups is 1. The van der Waals surface area contributed by atoms with E-state index in [1.807, 2.05) is 0 Å². The van der Waals surface area contributed by atoms with Crippen LogP contribution in [0.25, 0.3) is 0 Å². The van der Waals surface area contributed by atoms with Crippen LogP contribution in [0.2, 0.25) is 0 Å². The monoisotopic (exact) mass is 319 g/mol. The van der Waals surface area contributed by atoms with Gasteiger partial charge in [0.15, 0.2) is 5.92 Å². The van der Waals surface area contributed by atoms with Crippen LogP contribution in [0.15, 0.2) is 42.0 Å². The largest absolute Gasteiger partial charge is 0.391 e. The molecule has 1 saturated heterocycles. The molecule has 118 valence electrons. The Labute approximate surface area is 128 Å². The van der Waals surface area contributed by atoms with Crippen molar-refractivity contribution in [2.24, 2.45) is 5.92 Å². The lowest BCUT2D eigenvalue weighted by Gasteiger charge is -2.20. The Morgan fingerprint density at radius 3 is 2.35 bits per heavy atom. The maximum absolute atomic E-state index is 12.4. The van der Waals surface area contributed by atoms with Gasteiger partial charge in [-0.15, -0.1) is 5.17 Å². The van der Waals surface area contributed by atoms with Crippen molar-refractivity contribution in [2.45, 2.75) is 6.23 Å². The summed E-state index contributed by atoms with van der Waals surface area (Å²) in [5.41, 5.74) is -0.257. The van der Waals surface area contributed by atoms with Gasteiger partial charge in [0.05, 0.1) is 16.2 Å². The van der Waals surface area contributed by atoms with E-state index >= 15 is 0 Å². The molecule has 2 amide bonds. The number of carbonyl (C=O) groups excluding carboxylic acids is 3. The summed E-state index contributed by atoms with van der Waals surface area (Å²) in [5, 5.41) is 21.3. The van der Waals surface area contributed by atoms with E-state index < -0.39 is 40.4 Å². The molecule has 0 aliphatic carbocycles. The van der Waals surface area contributed by atoms with Gasteiger partial charge in [-0.3, -0.25) is 24.9 Å². The third kappa shape index (κ3) is 2.21. The fraction of sp³-hybridized carbons (Fsp3) is 0.154.